The lowest BCUT2D eigenvalue weighted by molar-refractivity contribution is -0.111. The lowest BCUT2D eigenvalue weighted by atomic mass is 9.85. The van der Waals surface area contributed by atoms with E-state index < -0.39 is 5.41 Å². The van der Waals surface area contributed by atoms with E-state index in [1.54, 1.807) is 24.3 Å². The molecule has 2 N–H and O–H groups in total. The number of carbonyl (C=O) groups excluding carboxylic acids is 2. The molecule has 208 valence electrons. The van der Waals surface area contributed by atoms with Gasteiger partial charge < -0.3 is 10.2 Å². The van der Waals surface area contributed by atoms with Crippen molar-refractivity contribution >= 4 is 61.9 Å². The van der Waals surface area contributed by atoms with Crippen LogP contribution in [0.3, 0.4) is 0 Å². The maximum absolute atomic E-state index is 13.0. The molecule has 42 heavy (non-hydrogen) atoms. The van der Waals surface area contributed by atoms with E-state index in [1.807, 2.05) is 98.6 Å². The van der Waals surface area contributed by atoms with Crippen molar-refractivity contribution in [2.75, 3.05) is 22.6 Å². The standard InChI is InChI=1S/C33H28N6O2S/c1-33(2,21-34)24-12-7-11-23(19-24)30(41)35-25-13-8-14-26(20-25)39(3)28-17-16-27-31(37-28)42-32(36-27)38-29(40)18-15-22-9-5-4-6-10-22/h4-20H,1-3H3,(H,35,41)(H,36,38,40)/b18-15+. The fraction of sp³-hybridized carbons (Fsp3) is 0.121. The molecule has 0 saturated heterocycles. The molecule has 2 heterocycles. The number of nitrogens with zero attached hydrogens (tertiary/aromatic N) is 4. The van der Waals surface area contributed by atoms with Crippen molar-refractivity contribution in [3.63, 3.8) is 0 Å². The van der Waals surface area contributed by atoms with Crippen molar-refractivity contribution in [2.45, 2.75) is 19.3 Å². The van der Waals surface area contributed by atoms with Crippen LogP contribution < -0.4 is 15.5 Å². The first-order chi connectivity index (χ1) is 20.2. The first-order valence-corrected chi connectivity index (χ1v) is 14.0. The molecule has 3 aromatic carbocycles. The smallest absolute Gasteiger partial charge is 0.255 e. The number of nitrogens with one attached hydrogen (secondary N) is 2. The highest BCUT2D eigenvalue weighted by molar-refractivity contribution is 7.22. The second-order valence-electron chi connectivity index (χ2n) is 10.1. The number of nitriles is 1. The maximum Gasteiger partial charge on any atom is 0.255 e. The average Bonchev–Trinajstić information content (AvgIpc) is 3.41. The zero-order valence-electron chi connectivity index (χ0n) is 23.3. The third-order valence-electron chi connectivity index (χ3n) is 6.66. The molecule has 0 atom stereocenters. The highest BCUT2D eigenvalue weighted by Crippen LogP contribution is 2.30. The minimum absolute atomic E-state index is 0.261. The number of rotatable bonds is 8. The van der Waals surface area contributed by atoms with E-state index in [2.05, 4.69) is 21.7 Å². The molecule has 0 fully saturated rings. The molecule has 0 aliphatic carbocycles. The van der Waals surface area contributed by atoms with Gasteiger partial charge in [-0.15, -0.1) is 0 Å². The number of hydrogen-bond acceptors (Lipinski definition) is 7. The molecule has 8 nitrogen and oxygen atoms in total. The normalized spacial score (nSPS) is 11.3. The van der Waals surface area contributed by atoms with Gasteiger partial charge in [0.25, 0.3) is 5.91 Å². The number of anilines is 4. The lowest BCUT2D eigenvalue weighted by Crippen LogP contribution is -2.17. The van der Waals surface area contributed by atoms with Crippen LogP contribution in [-0.4, -0.2) is 28.8 Å². The highest BCUT2D eigenvalue weighted by atomic mass is 32.1. The monoisotopic (exact) mass is 572 g/mol. The van der Waals surface area contributed by atoms with Crippen LogP contribution in [0.4, 0.5) is 22.3 Å². The molecule has 0 radical (unpaired) electrons. The lowest BCUT2D eigenvalue weighted by Gasteiger charge is -2.19. The Morgan fingerprint density at radius 3 is 2.50 bits per heavy atom. The van der Waals surface area contributed by atoms with Gasteiger partial charge in [-0.25, -0.2) is 9.97 Å². The Balaban J connectivity index is 1.28. The van der Waals surface area contributed by atoms with E-state index in [0.717, 1.165) is 16.8 Å². The largest absolute Gasteiger partial charge is 0.329 e. The Bertz CT molecular complexity index is 1840. The zero-order chi connectivity index (χ0) is 29.7. The molecule has 0 aliphatic rings. The zero-order valence-corrected chi connectivity index (χ0v) is 24.1. The minimum Gasteiger partial charge on any atom is -0.329 e. The third-order valence-corrected chi connectivity index (χ3v) is 7.54. The Morgan fingerprint density at radius 2 is 1.71 bits per heavy atom. The first-order valence-electron chi connectivity index (χ1n) is 13.2. The molecule has 2 aromatic heterocycles. The van der Waals surface area contributed by atoms with E-state index in [-0.39, 0.29) is 11.8 Å². The third kappa shape index (κ3) is 6.52. The second kappa shape index (κ2) is 12.0. The summed E-state index contributed by atoms with van der Waals surface area (Å²) in [5.74, 6) is 0.153. The molecular formula is C33H28N6O2S. The van der Waals surface area contributed by atoms with E-state index in [1.165, 1.54) is 17.4 Å². The summed E-state index contributed by atoms with van der Waals surface area (Å²) in [4.78, 5) is 37.2. The topological polar surface area (TPSA) is 111 Å². The van der Waals surface area contributed by atoms with Crippen LogP contribution in [0.15, 0.2) is 97.1 Å². The number of hydrogen-bond donors (Lipinski definition) is 2. The van der Waals surface area contributed by atoms with Crippen molar-refractivity contribution in [1.29, 1.82) is 5.26 Å². The van der Waals surface area contributed by atoms with Crippen LogP contribution in [0.5, 0.6) is 0 Å². The fourth-order valence-electron chi connectivity index (χ4n) is 4.17. The summed E-state index contributed by atoms with van der Waals surface area (Å²) in [7, 11) is 1.89. The summed E-state index contributed by atoms with van der Waals surface area (Å²) in [6.45, 7) is 3.64. The van der Waals surface area contributed by atoms with Crippen molar-refractivity contribution in [1.82, 2.24) is 9.97 Å². The van der Waals surface area contributed by atoms with E-state index in [4.69, 9.17) is 4.98 Å². The Labute approximate surface area is 248 Å². The van der Waals surface area contributed by atoms with Crippen LogP contribution in [0.1, 0.15) is 35.3 Å². The Kier molecular flexibility index (Phi) is 8.09. The quantitative estimate of drug-likeness (QED) is 0.191. The van der Waals surface area contributed by atoms with Gasteiger partial charge in [0.05, 0.1) is 11.5 Å². The van der Waals surface area contributed by atoms with Crippen LogP contribution in [-0.2, 0) is 10.2 Å². The molecule has 0 saturated carbocycles. The van der Waals surface area contributed by atoms with Gasteiger partial charge >= 0.3 is 0 Å². The Hall–Kier alpha value is -5.33. The van der Waals surface area contributed by atoms with Crippen LogP contribution in [0.2, 0.25) is 0 Å². The first kappa shape index (κ1) is 28.2. The van der Waals surface area contributed by atoms with Crippen molar-refractivity contribution in [3.05, 3.63) is 114 Å². The minimum atomic E-state index is -0.698. The van der Waals surface area contributed by atoms with E-state index in [9.17, 15) is 14.9 Å². The number of amides is 2. The fourth-order valence-corrected chi connectivity index (χ4v) is 5.01. The predicted octanol–water partition coefficient (Wildman–Crippen LogP) is 7.16. The average molecular weight is 573 g/mol. The van der Waals surface area contributed by atoms with Crippen molar-refractivity contribution in [2.24, 2.45) is 0 Å². The predicted molar refractivity (Wildman–Crippen MR) is 169 cm³/mol. The molecule has 0 unspecified atom stereocenters. The van der Waals surface area contributed by atoms with Crippen LogP contribution >= 0.6 is 11.3 Å². The number of benzene rings is 3. The molecule has 2 amide bonds. The van der Waals surface area contributed by atoms with Gasteiger partial charge in [-0.05, 0) is 73.5 Å². The number of aromatic nitrogens is 2. The summed E-state index contributed by atoms with van der Waals surface area (Å²) in [6.07, 6.45) is 3.22. The molecule has 0 bridgehead atoms. The SMILES string of the molecule is CN(c1cccc(NC(=O)c2cccc(C(C)(C)C#N)c2)c1)c1ccc2nc(NC(=O)/C=C/c3ccccc3)sc2n1. The van der Waals surface area contributed by atoms with Gasteiger partial charge in [0, 0.05) is 30.1 Å². The van der Waals surface area contributed by atoms with Gasteiger partial charge in [-0.3, -0.25) is 14.9 Å². The molecule has 9 heteroatoms. The summed E-state index contributed by atoms with van der Waals surface area (Å²) in [5, 5.41) is 15.7. The summed E-state index contributed by atoms with van der Waals surface area (Å²) in [5.41, 5.74) is 3.62. The van der Waals surface area contributed by atoms with Gasteiger partial charge in [0.1, 0.15) is 16.2 Å². The summed E-state index contributed by atoms with van der Waals surface area (Å²) < 4.78 is 0. The van der Waals surface area contributed by atoms with Gasteiger partial charge in [-0.2, -0.15) is 5.26 Å². The highest BCUT2D eigenvalue weighted by Gasteiger charge is 2.21. The molecule has 0 spiro atoms. The van der Waals surface area contributed by atoms with Crippen molar-refractivity contribution < 1.29 is 9.59 Å². The molecule has 5 rings (SSSR count). The van der Waals surface area contributed by atoms with E-state index >= 15 is 0 Å². The van der Waals surface area contributed by atoms with Gasteiger partial charge in [0.2, 0.25) is 5.91 Å². The van der Waals surface area contributed by atoms with Crippen LogP contribution in [0, 0.1) is 11.3 Å². The van der Waals surface area contributed by atoms with Crippen molar-refractivity contribution in [3.8, 4) is 6.07 Å². The maximum atomic E-state index is 13.0. The number of pyridine rings is 1. The van der Waals surface area contributed by atoms with E-state index in [0.29, 0.717) is 32.5 Å². The Morgan fingerprint density at radius 1 is 0.929 bits per heavy atom. The van der Waals surface area contributed by atoms with Gasteiger partial charge in [-0.1, -0.05) is 59.9 Å². The summed E-state index contributed by atoms with van der Waals surface area (Å²) in [6, 6.07) is 30.2. The van der Waals surface area contributed by atoms with Crippen LogP contribution in [0.25, 0.3) is 16.4 Å². The summed E-state index contributed by atoms with van der Waals surface area (Å²) >= 11 is 1.30. The number of carbonyl (C=O) groups is 2. The molecule has 5 aromatic rings. The number of thiazole rings is 1. The van der Waals surface area contributed by atoms with Gasteiger partial charge in [0.15, 0.2) is 5.13 Å². The second-order valence-corrected chi connectivity index (χ2v) is 11.1. The molecule has 0 aliphatic heterocycles. The molecular weight excluding hydrogens is 544 g/mol. The number of fused-ring (bicyclic) bond motifs is 1.